The molecule has 0 aromatic carbocycles. The van der Waals surface area contributed by atoms with Crippen LogP contribution >= 0.6 is 0 Å². The van der Waals surface area contributed by atoms with Crippen molar-refractivity contribution in [1.82, 2.24) is 9.78 Å². The Hall–Kier alpha value is -1.36. The summed E-state index contributed by atoms with van der Waals surface area (Å²) in [4.78, 5) is 12.3. The van der Waals surface area contributed by atoms with Crippen molar-refractivity contribution < 1.29 is 9.53 Å². The molecule has 1 aliphatic heterocycles. The molecule has 0 radical (unpaired) electrons. The number of carbonyl (C=O) groups is 1. The van der Waals surface area contributed by atoms with Gasteiger partial charge in [0, 0.05) is 30.8 Å². The van der Waals surface area contributed by atoms with Crippen molar-refractivity contribution in [2.24, 2.45) is 5.92 Å². The van der Waals surface area contributed by atoms with Crippen LogP contribution in [0, 0.1) is 5.92 Å². The summed E-state index contributed by atoms with van der Waals surface area (Å²) in [5, 5.41) is 7.46. The van der Waals surface area contributed by atoms with Gasteiger partial charge in [-0.1, -0.05) is 0 Å². The Morgan fingerprint density at radius 3 is 2.95 bits per heavy atom. The van der Waals surface area contributed by atoms with Crippen LogP contribution in [-0.2, 0) is 16.1 Å². The second kappa shape index (κ2) is 5.56. The van der Waals surface area contributed by atoms with Crippen LogP contribution in [-0.4, -0.2) is 28.4 Å². The fraction of sp³-hybridized carbons (Fsp3) is 0.733. The molecule has 1 aromatic heterocycles. The molecule has 2 unspecified atom stereocenters. The van der Waals surface area contributed by atoms with Gasteiger partial charge in [0.15, 0.2) is 5.82 Å². The van der Waals surface area contributed by atoms with Crippen LogP contribution in [0.1, 0.15) is 51.1 Å². The van der Waals surface area contributed by atoms with Gasteiger partial charge in [0.1, 0.15) is 0 Å². The minimum Gasteiger partial charge on any atom is -0.378 e. The lowest BCUT2D eigenvalue weighted by atomic mass is 9.94. The molecule has 5 heteroatoms. The molecule has 2 atom stereocenters. The monoisotopic (exact) mass is 277 g/mol. The molecule has 110 valence electrons. The Kier molecular flexibility index (Phi) is 3.78. The summed E-state index contributed by atoms with van der Waals surface area (Å²) >= 11 is 0. The molecule has 0 bridgehead atoms. The number of ether oxygens (including phenoxy) is 1. The van der Waals surface area contributed by atoms with Crippen LogP contribution < -0.4 is 5.32 Å². The first-order chi connectivity index (χ1) is 9.69. The zero-order chi connectivity index (χ0) is 14.1. The number of anilines is 1. The van der Waals surface area contributed by atoms with Crippen LogP contribution in [0.25, 0.3) is 0 Å². The second-order valence-electron chi connectivity index (χ2n) is 5.86. The normalized spacial score (nSPS) is 26.5. The van der Waals surface area contributed by atoms with Gasteiger partial charge in [-0.05, 0) is 39.5 Å². The lowest BCUT2D eigenvalue weighted by Gasteiger charge is -2.27. The topological polar surface area (TPSA) is 56.2 Å². The summed E-state index contributed by atoms with van der Waals surface area (Å²) in [7, 11) is 0. The fourth-order valence-corrected chi connectivity index (χ4v) is 2.94. The van der Waals surface area contributed by atoms with Gasteiger partial charge in [-0.15, -0.1) is 0 Å². The number of carbonyl (C=O) groups excluding carboxylic acids is 1. The number of aromatic nitrogens is 2. The van der Waals surface area contributed by atoms with Crippen molar-refractivity contribution in [3.63, 3.8) is 0 Å². The van der Waals surface area contributed by atoms with E-state index in [1.165, 1.54) is 18.5 Å². The van der Waals surface area contributed by atoms with E-state index in [0.29, 0.717) is 11.7 Å². The molecule has 1 aromatic rings. The highest BCUT2D eigenvalue weighted by atomic mass is 16.5. The van der Waals surface area contributed by atoms with Crippen molar-refractivity contribution in [2.75, 3.05) is 11.9 Å². The number of rotatable bonds is 4. The summed E-state index contributed by atoms with van der Waals surface area (Å²) in [6, 6.07) is 2.04. The molecule has 1 amide bonds. The number of nitrogens with zero attached hydrogens (tertiary/aromatic N) is 2. The molecule has 5 nitrogen and oxygen atoms in total. The lowest BCUT2D eigenvalue weighted by Crippen LogP contribution is -2.36. The van der Waals surface area contributed by atoms with Crippen LogP contribution in [0.5, 0.6) is 0 Å². The highest BCUT2D eigenvalue weighted by molar-refractivity contribution is 5.92. The minimum atomic E-state index is -0.0556. The van der Waals surface area contributed by atoms with Gasteiger partial charge >= 0.3 is 0 Å². The standard InChI is InChI=1S/C15H23N3O2/c1-3-18-13(11-6-7-11)9-14(17-18)16-15(19)12-5-4-8-20-10(12)2/h9-12H,3-8H2,1-2H3,(H,16,17,19). The van der Waals surface area contributed by atoms with Crippen molar-refractivity contribution in [1.29, 1.82) is 0 Å². The molecule has 0 spiro atoms. The van der Waals surface area contributed by atoms with Gasteiger partial charge in [0.2, 0.25) is 5.91 Å². The summed E-state index contributed by atoms with van der Waals surface area (Å²) in [6.07, 6.45) is 4.34. The van der Waals surface area contributed by atoms with Crippen LogP contribution in [0.15, 0.2) is 6.07 Å². The average molecular weight is 277 g/mol. The molecule has 1 saturated heterocycles. The first-order valence-corrected chi connectivity index (χ1v) is 7.69. The second-order valence-corrected chi connectivity index (χ2v) is 5.86. The molecule has 1 N–H and O–H groups in total. The largest absolute Gasteiger partial charge is 0.378 e. The Bertz CT molecular complexity index is 493. The van der Waals surface area contributed by atoms with E-state index in [1.54, 1.807) is 0 Å². The average Bonchev–Trinajstić information content (AvgIpc) is 3.21. The maximum atomic E-state index is 12.3. The molecule has 2 fully saturated rings. The molecule has 1 saturated carbocycles. The molecule has 3 rings (SSSR count). The third-order valence-corrected chi connectivity index (χ3v) is 4.30. The summed E-state index contributed by atoms with van der Waals surface area (Å²) in [5.74, 6) is 1.32. The van der Waals surface area contributed by atoms with E-state index in [9.17, 15) is 4.79 Å². The highest BCUT2D eigenvalue weighted by Gasteiger charge is 2.31. The number of aryl methyl sites for hydroxylation is 1. The SMILES string of the molecule is CCn1nc(NC(=O)C2CCCOC2C)cc1C1CC1. The van der Waals surface area contributed by atoms with Gasteiger partial charge in [-0.3, -0.25) is 9.48 Å². The van der Waals surface area contributed by atoms with Crippen LogP contribution in [0.3, 0.4) is 0 Å². The van der Waals surface area contributed by atoms with E-state index in [1.807, 2.05) is 17.7 Å². The molecular formula is C15H23N3O2. The van der Waals surface area contributed by atoms with Crippen LogP contribution in [0.4, 0.5) is 5.82 Å². The fourth-order valence-electron chi connectivity index (χ4n) is 2.94. The Morgan fingerprint density at radius 1 is 1.50 bits per heavy atom. The first kappa shape index (κ1) is 13.6. The van der Waals surface area contributed by atoms with Gasteiger partial charge < -0.3 is 10.1 Å². The Labute approximate surface area is 119 Å². The number of hydrogen-bond donors (Lipinski definition) is 1. The van der Waals surface area contributed by atoms with Crippen molar-refractivity contribution in [2.45, 2.75) is 58.1 Å². The van der Waals surface area contributed by atoms with Gasteiger partial charge in [-0.2, -0.15) is 5.10 Å². The maximum Gasteiger partial charge on any atom is 0.231 e. The van der Waals surface area contributed by atoms with Crippen molar-refractivity contribution in [3.05, 3.63) is 11.8 Å². The van der Waals surface area contributed by atoms with E-state index in [-0.39, 0.29) is 17.9 Å². The molecule has 2 heterocycles. The molecule has 2 aliphatic rings. The minimum absolute atomic E-state index is 0.0000802. The summed E-state index contributed by atoms with van der Waals surface area (Å²) in [6.45, 7) is 5.68. The predicted molar refractivity (Wildman–Crippen MR) is 76.6 cm³/mol. The zero-order valence-electron chi connectivity index (χ0n) is 12.3. The van der Waals surface area contributed by atoms with Gasteiger partial charge in [-0.25, -0.2) is 0 Å². The zero-order valence-corrected chi connectivity index (χ0v) is 12.3. The third-order valence-electron chi connectivity index (χ3n) is 4.30. The predicted octanol–water partition coefficient (Wildman–Crippen LogP) is 2.53. The molecule has 20 heavy (non-hydrogen) atoms. The quantitative estimate of drug-likeness (QED) is 0.920. The first-order valence-electron chi connectivity index (χ1n) is 7.69. The number of amides is 1. The summed E-state index contributed by atoms with van der Waals surface area (Å²) in [5.41, 5.74) is 1.26. The Morgan fingerprint density at radius 2 is 2.30 bits per heavy atom. The van der Waals surface area contributed by atoms with E-state index >= 15 is 0 Å². The molecular weight excluding hydrogens is 254 g/mol. The van der Waals surface area contributed by atoms with Crippen molar-refractivity contribution >= 4 is 11.7 Å². The maximum absolute atomic E-state index is 12.3. The number of nitrogens with one attached hydrogen (secondary N) is 1. The molecule has 1 aliphatic carbocycles. The van der Waals surface area contributed by atoms with E-state index in [0.717, 1.165) is 26.0 Å². The summed E-state index contributed by atoms with van der Waals surface area (Å²) < 4.78 is 7.57. The lowest BCUT2D eigenvalue weighted by molar-refractivity contribution is -0.127. The highest BCUT2D eigenvalue weighted by Crippen LogP contribution is 2.40. The number of hydrogen-bond acceptors (Lipinski definition) is 3. The van der Waals surface area contributed by atoms with E-state index < -0.39 is 0 Å². The Balaban J connectivity index is 1.69. The van der Waals surface area contributed by atoms with Gasteiger partial charge in [0.25, 0.3) is 0 Å². The van der Waals surface area contributed by atoms with Crippen LogP contribution in [0.2, 0.25) is 0 Å². The smallest absolute Gasteiger partial charge is 0.231 e. The third kappa shape index (κ3) is 2.73. The van der Waals surface area contributed by atoms with Gasteiger partial charge in [0.05, 0.1) is 12.0 Å². The van der Waals surface area contributed by atoms with Crippen molar-refractivity contribution in [3.8, 4) is 0 Å². The van der Waals surface area contributed by atoms with E-state index in [2.05, 4.69) is 17.3 Å². The van der Waals surface area contributed by atoms with E-state index in [4.69, 9.17) is 4.74 Å².